The fourth-order valence-corrected chi connectivity index (χ4v) is 5.70. The smallest absolute Gasteiger partial charge is 0.315 e. The van der Waals surface area contributed by atoms with Crippen LogP contribution in [-0.2, 0) is 11.2 Å². The summed E-state index contributed by atoms with van der Waals surface area (Å²) < 4.78 is 6.00. The van der Waals surface area contributed by atoms with Crippen LogP contribution in [0.4, 0.5) is 0 Å². The number of benzene rings is 2. The van der Waals surface area contributed by atoms with Crippen LogP contribution >= 0.6 is 23.5 Å². The fourth-order valence-electron chi connectivity index (χ4n) is 2.84. The first kappa shape index (κ1) is 15.7. The van der Waals surface area contributed by atoms with Crippen molar-refractivity contribution in [1.29, 1.82) is 0 Å². The van der Waals surface area contributed by atoms with E-state index in [0.29, 0.717) is 10.3 Å². The third-order valence-corrected chi connectivity index (χ3v) is 7.12. The normalized spacial score (nSPS) is 15.0. The van der Waals surface area contributed by atoms with Gasteiger partial charge < -0.3 is 9.72 Å². The van der Waals surface area contributed by atoms with E-state index < -0.39 is 0 Å². The van der Waals surface area contributed by atoms with Crippen LogP contribution in [0.2, 0.25) is 0 Å². The molecular weight excluding hydrogens is 338 g/mol. The number of hydrogen-bond acceptors (Lipinski definition) is 4. The second kappa shape index (κ2) is 6.95. The quantitative estimate of drug-likeness (QED) is 0.539. The Morgan fingerprint density at radius 2 is 1.83 bits per heavy atom. The van der Waals surface area contributed by atoms with Crippen molar-refractivity contribution in [2.45, 2.75) is 11.0 Å². The van der Waals surface area contributed by atoms with Gasteiger partial charge in [-0.15, -0.1) is 23.5 Å². The Labute approximate surface area is 149 Å². The molecular formula is C19H17NO2S2. The topological polar surface area (TPSA) is 42.1 Å². The zero-order chi connectivity index (χ0) is 16.4. The van der Waals surface area contributed by atoms with E-state index in [9.17, 15) is 4.79 Å². The summed E-state index contributed by atoms with van der Waals surface area (Å²) in [6.45, 7) is 0. The summed E-state index contributed by atoms with van der Waals surface area (Å²) in [4.78, 5) is 15.4. The molecule has 3 nitrogen and oxygen atoms in total. The van der Waals surface area contributed by atoms with Crippen LogP contribution in [0.15, 0.2) is 54.7 Å². The van der Waals surface area contributed by atoms with Gasteiger partial charge in [0.15, 0.2) is 0 Å². The SMILES string of the molecule is O=C(Cc1c[nH]c2ccccc12)Oc1ccc(C2SCCS2)cc1. The minimum Gasteiger partial charge on any atom is -0.426 e. The Bertz CT molecular complexity index is 851. The number of nitrogens with one attached hydrogen (secondary N) is 1. The molecule has 0 aliphatic carbocycles. The van der Waals surface area contributed by atoms with E-state index in [1.807, 2.05) is 66.1 Å². The van der Waals surface area contributed by atoms with E-state index in [1.54, 1.807) is 0 Å². The molecule has 5 heteroatoms. The van der Waals surface area contributed by atoms with Crippen LogP contribution < -0.4 is 4.74 Å². The zero-order valence-corrected chi connectivity index (χ0v) is 14.7. The Kier molecular flexibility index (Phi) is 4.54. The number of fused-ring (bicyclic) bond motifs is 1. The number of rotatable bonds is 4. The summed E-state index contributed by atoms with van der Waals surface area (Å²) in [7, 11) is 0. The Hall–Kier alpha value is -1.85. The number of aromatic nitrogens is 1. The second-order valence-electron chi connectivity index (χ2n) is 5.65. The molecule has 1 N–H and O–H groups in total. The average Bonchev–Trinajstić information content (AvgIpc) is 3.26. The van der Waals surface area contributed by atoms with Gasteiger partial charge in [-0.1, -0.05) is 30.3 Å². The third-order valence-electron chi connectivity index (χ3n) is 4.02. The standard InChI is InChI=1S/C19H17NO2S2/c21-18(11-14-12-20-17-4-2-1-3-16(14)17)22-15-7-5-13(6-8-15)19-23-9-10-24-19/h1-8,12,19-20H,9-11H2. The number of esters is 1. The lowest BCUT2D eigenvalue weighted by molar-refractivity contribution is -0.133. The van der Waals surface area contributed by atoms with Gasteiger partial charge in [-0.05, 0) is 29.3 Å². The Morgan fingerprint density at radius 3 is 2.62 bits per heavy atom. The highest BCUT2D eigenvalue weighted by molar-refractivity contribution is 8.19. The molecule has 1 fully saturated rings. The maximum Gasteiger partial charge on any atom is 0.315 e. The molecule has 0 spiro atoms. The highest BCUT2D eigenvalue weighted by atomic mass is 32.2. The molecule has 2 aromatic carbocycles. The molecule has 1 aliphatic rings. The van der Waals surface area contributed by atoms with Crippen molar-refractivity contribution >= 4 is 40.4 Å². The highest BCUT2D eigenvalue weighted by Gasteiger charge is 2.18. The van der Waals surface area contributed by atoms with Crippen LogP contribution in [0.25, 0.3) is 10.9 Å². The number of ether oxygens (including phenoxy) is 1. The number of carbonyl (C=O) groups is 1. The molecule has 0 unspecified atom stereocenters. The largest absolute Gasteiger partial charge is 0.426 e. The lowest BCUT2D eigenvalue weighted by atomic mass is 10.1. The molecule has 1 aromatic heterocycles. The summed E-state index contributed by atoms with van der Waals surface area (Å²) in [5.74, 6) is 2.78. The number of para-hydroxylation sites is 1. The van der Waals surface area contributed by atoms with Crippen molar-refractivity contribution in [3.05, 3.63) is 65.9 Å². The summed E-state index contributed by atoms with van der Waals surface area (Å²) in [5.41, 5.74) is 3.29. The van der Waals surface area contributed by atoms with Gasteiger partial charge in [-0.2, -0.15) is 0 Å². The number of aromatic amines is 1. The van der Waals surface area contributed by atoms with Crippen LogP contribution in [-0.4, -0.2) is 22.5 Å². The second-order valence-corrected chi connectivity index (χ2v) is 8.38. The summed E-state index contributed by atoms with van der Waals surface area (Å²) >= 11 is 3.94. The van der Waals surface area contributed by atoms with Crippen LogP contribution in [0.1, 0.15) is 15.7 Å². The van der Waals surface area contributed by atoms with Gasteiger partial charge in [0, 0.05) is 28.6 Å². The van der Waals surface area contributed by atoms with Gasteiger partial charge in [0.2, 0.25) is 0 Å². The van der Waals surface area contributed by atoms with Crippen molar-refractivity contribution < 1.29 is 9.53 Å². The summed E-state index contributed by atoms with van der Waals surface area (Å²) in [6.07, 6.45) is 2.14. The summed E-state index contributed by atoms with van der Waals surface area (Å²) in [6, 6.07) is 15.9. The van der Waals surface area contributed by atoms with Crippen molar-refractivity contribution in [1.82, 2.24) is 4.98 Å². The highest BCUT2D eigenvalue weighted by Crippen LogP contribution is 2.45. The molecule has 3 aromatic rings. The molecule has 0 atom stereocenters. The Morgan fingerprint density at radius 1 is 1.08 bits per heavy atom. The molecule has 122 valence electrons. The lowest BCUT2D eigenvalue weighted by Crippen LogP contribution is -2.11. The minimum absolute atomic E-state index is 0.239. The first-order valence-corrected chi connectivity index (χ1v) is 9.98. The van der Waals surface area contributed by atoms with E-state index in [0.717, 1.165) is 16.5 Å². The third kappa shape index (κ3) is 3.32. The number of carbonyl (C=O) groups excluding carboxylic acids is 1. The van der Waals surface area contributed by atoms with Crippen molar-refractivity contribution in [2.75, 3.05) is 11.5 Å². The number of H-pyrrole nitrogens is 1. The average molecular weight is 355 g/mol. The zero-order valence-electron chi connectivity index (χ0n) is 13.0. The molecule has 4 rings (SSSR count). The lowest BCUT2D eigenvalue weighted by Gasteiger charge is -2.09. The molecule has 0 radical (unpaired) electrons. The van der Waals surface area contributed by atoms with Crippen LogP contribution in [0.3, 0.4) is 0 Å². The predicted octanol–water partition coefficient (Wildman–Crippen LogP) is 4.79. The minimum atomic E-state index is -0.239. The molecule has 24 heavy (non-hydrogen) atoms. The van der Waals surface area contributed by atoms with Gasteiger partial charge in [0.25, 0.3) is 0 Å². The molecule has 2 heterocycles. The van der Waals surface area contributed by atoms with E-state index >= 15 is 0 Å². The van der Waals surface area contributed by atoms with E-state index in [1.165, 1.54) is 17.1 Å². The fraction of sp³-hybridized carbons (Fsp3) is 0.211. The number of hydrogen-bond donors (Lipinski definition) is 1. The van der Waals surface area contributed by atoms with Gasteiger partial charge in [0.05, 0.1) is 11.0 Å². The van der Waals surface area contributed by atoms with Gasteiger partial charge >= 0.3 is 5.97 Å². The monoisotopic (exact) mass is 355 g/mol. The first-order valence-electron chi connectivity index (χ1n) is 7.88. The summed E-state index contributed by atoms with van der Waals surface area (Å²) in [5, 5.41) is 1.07. The van der Waals surface area contributed by atoms with Gasteiger partial charge in [0.1, 0.15) is 5.75 Å². The molecule has 1 saturated heterocycles. The van der Waals surface area contributed by atoms with Crippen molar-refractivity contribution in [3.63, 3.8) is 0 Å². The van der Waals surface area contributed by atoms with Crippen LogP contribution in [0, 0.1) is 0 Å². The van der Waals surface area contributed by atoms with Gasteiger partial charge in [-0.25, -0.2) is 0 Å². The maximum atomic E-state index is 12.2. The van der Waals surface area contributed by atoms with E-state index in [2.05, 4.69) is 17.1 Å². The Balaban J connectivity index is 1.42. The van der Waals surface area contributed by atoms with Crippen molar-refractivity contribution in [3.8, 4) is 5.75 Å². The van der Waals surface area contributed by atoms with E-state index in [4.69, 9.17) is 4.74 Å². The van der Waals surface area contributed by atoms with E-state index in [-0.39, 0.29) is 12.4 Å². The number of thioether (sulfide) groups is 2. The molecule has 1 aliphatic heterocycles. The maximum absolute atomic E-state index is 12.2. The molecule has 0 amide bonds. The first-order chi connectivity index (χ1) is 11.8. The van der Waals surface area contributed by atoms with Crippen molar-refractivity contribution in [2.24, 2.45) is 0 Å². The molecule has 0 saturated carbocycles. The molecule has 0 bridgehead atoms. The van der Waals surface area contributed by atoms with Crippen LogP contribution in [0.5, 0.6) is 5.75 Å². The van der Waals surface area contributed by atoms with Gasteiger partial charge in [-0.3, -0.25) is 4.79 Å². The predicted molar refractivity (Wildman–Crippen MR) is 102 cm³/mol.